The van der Waals surface area contributed by atoms with Crippen molar-refractivity contribution in [1.29, 1.82) is 0 Å². The van der Waals surface area contributed by atoms with Gasteiger partial charge in [-0.2, -0.15) is 9.90 Å². The molecule has 1 heterocycles. The lowest BCUT2D eigenvalue weighted by atomic mass is 10.4. The standard InChI is InChI=1S/C7H10BrN3/c1-2-6-7(8)10-11(9-6)5-3-4-5/h5H,2-4H2,1H3. The van der Waals surface area contributed by atoms with Crippen LogP contribution in [0.3, 0.4) is 0 Å². The van der Waals surface area contributed by atoms with Crippen LogP contribution >= 0.6 is 15.9 Å². The Bertz CT molecular complexity index is 265. The Morgan fingerprint density at radius 2 is 2.27 bits per heavy atom. The topological polar surface area (TPSA) is 30.7 Å². The first kappa shape index (κ1) is 7.28. The van der Waals surface area contributed by atoms with Crippen molar-refractivity contribution < 1.29 is 0 Å². The van der Waals surface area contributed by atoms with Gasteiger partial charge in [-0.3, -0.25) is 0 Å². The summed E-state index contributed by atoms with van der Waals surface area (Å²) in [6.07, 6.45) is 3.43. The van der Waals surface area contributed by atoms with Crippen molar-refractivity contribution in [3.8, 4) is 0 Å². The molecule has 0 N–H and O–H groups in total. The first-order valence-electron chi connectivity index (χ1n) is 3.92. The highest BCUT2D eigenvalue weighted by Crippen LogP contribution is 2.33. The summed E-state index contributed by atoms with van der Waals surface area (Å²) >= 11 is 3.38. The molecule has 0 amide bonds. The molecule has 1 aliphatic carbocycles. The van der Waals surface area contributed by atoms with Gasteiger partial charge in [-0.05, 0) is 35.2 Å². The fourth-order valence-electron chi connectivity index (χ4n) is 1.02. The van der Waals surface area contributed by atoms with Crippen LogP contribution in [0.2, 0.25) is 0 Å². The van der Waals surface area contributed by atoms with E-state index in [4.69, 9.17) is 0 Å². The van der Waals surface area contributed by atoms with Crippen molar-refractivity contribution in [3.63, 3.8) is 0 Å². The zero-order chi connectivity index (χ0) is 7.84. The van der Waals surface area contributed by atoms with E-state index in [2.05, 4.69) is 33.1 Å². The maximum Gasteiger partial charge on any atom is 0.151 e. The molecule has 1 fully saturated rings. The Morgan fingerprint density at radius 3 is 2.73 bits per heavy atom. The molecule has 4 heteroatoms. The van der Waals surface area contributed by atoms with Gasteiger partial charge in [0, 0.05) is 0 Å². The second-order valence-corrected chi connectivity index (χ2v) is 3.59. The van der Waals surface area contributed by atoms with Crippen LogP contribution in [0, 0.1) is 0 Å². The summed E-state index contributed by atoms with van der Waals surface area (Å²) in [5.41, 5.74) is 1.07. The van der Waals surface area contributed by atoms with Crippen LogP contribution in [-0.2, 0) is 6.42 Å². The molecular weight excluding hydrogens is 206 g/mol. The minimum Gasteiger partial charge on any atom is -0.180 e. The molecule has 3 nitrogen and oxygen atoms in total. The highest BCUT2D eigenvalue weighted by molar-refractivity contribution is 9.10. The van der Waals surface area contributed by atoms with E-state index in [1.54, 1.807) is 0 Å². The molecule has 0 aromatic carbocycles. The average molecular weight is 216 g/mol. The van der Waals surface area contributed by atoms with E-state index in [9.17, 15) is 0 Å². The van der Waals surface area contributed by atoms with Gasteiger partial charge in [-0.1, -0.05) is 6.92 Å². The normalized spacial score (nSPS) is 17.3. The molecule has 11 heavy (non-hydrogen) atoms. The average Bonchev–Trinajstić information content (AvgIpc) is 2.76. The molecule has 1 aromatic rings. The Hall–Kier alpha value is -0.380. The maximum atomic E-state index is 4.35. The molecule has 1 aromatic heterocycles. The minimum atomic E-state index is 0.589. The summed E-state index contributed by atoms with van der Waals surface area (Å²) in [4.78, 5) is 1.84. The van der Waals surface area contributed by atoms with Crippen LogP contribution in [0.1, 0.15) is 31.5 Å². The van der Waals surface area contributed by atoms with Crippen LogP contribution in [0.4, 0.5) is 0 Å². The van der Waals surface area contributed by atoms with Crippen molar-refractivity contribution in [1.82, 2.24) is 15.0 Å². The highest BCUT2D eigenvalue weighted by atomic mass is 79.9. The van der Waals surface area contributed by atoms with E-state index in [0.29, 0.717) is 6.04 Å². The zero-order valence-corrected chi connectivity index (χ0v) is 8.00. The third kappa shape index (κ3) is 1.31. The first-order valence-corrected chi connectivity index (χ1v) is 4.71. The van der Waals surface area contributed by atoms with Gasteiger partial charge in [-0.25, -0.2) is 0 Å². The lowest BCUT2D eigenvalue weighted by Gasteiger charge is -1.90. The van der Waals surface area contributed by atoms with Gasteiger partial charge in [0.15, 0.2) is 4.60 Å². The molecule has 1 aliphatic rings. The number of halogens is 1. The Balaban J connectivity index is 2.28. The third-order valence-corrected chi connectivity index (χ3v) is 2.48. The van der Waals surface area contributed by atoms with Crippen LogP contribution in [0.15, 0.2) is 4.60 Å². The molecule has 0 aliphatic heterocycles. The van der Waals surface area contributed by atoms with E-state index < -0.39 is 0 Å². The van der Waals surface area contributed by atoms with Crippen LogP contribution in [0.25, 0.3) is 0 Å². The minimum absolute atomic E-state index is 0.589. The SMILES string of the molecule is CCc1nn(C2CC2)nc1Br. The van der Waals surface area contributed by atoms with Crippen molar-refractivity contribution in [2.75, 3.05) is 0 Å². The first-order chi connectivity index (χ1) is 5.31. The smallest absolute Gasteiger partial charge is 0.151 e. The van der Waals surface area contributed by atoms with Gasteiger partial charge in [-0.15, -0.1) is 5.10 Å². The summed E-state index contributed by atoms with van der Waals surface area (Å²) in [5.74, 6) is 0. The fraction of sp³-hybridized carbons (Fsp3) is 0.714. The lowest BCUT2D eigenvalue weighted by Crippen LogP contribution is -1.98. The van der Waals surface area contributed by atoms with Gasteiger partial charge in [0.25, 0.3) is 0 Å². The molecule has 0 atom stereocenters. The quantitative estimate of drug-likeness (QED) is 0.756. The van der Waals surface area contributed by atoms with Gasteiger partial charge < -0.3 is 0 Å². The zero-order valence-electron chi connectivity index (χ0n) is 6.42. The molecule has 60 valence electrons. The molecule has 1 saturated carbocycles. The van der Waals surface area contributed by atoms with Crippen molar-refractivity contribution >= 4 is 15.9 Å². The Kier molecular flexibility index (Phi) is 1.71. The number of rotatable bonds is 2. The van der Waals surface area contributed by atoms with Crippen LogP contribution < -0.4 is 0 Å². The molecule has 0 bridgehead atoms. The van der Waals surface area contributed by atoms with Crippen molar-refractivity contribution in [3.05, 3.63) is 10.3 Å². The van der Waals surface area contributed by atoms with E-state index in [0.717, 1.165) is 16.7 Å². The van der Waals surface area contributed by atoms with Gasteiger partial charge in [0.2, 0.25) is 0 Å². The second kappa shape index (κ2) is 2.59. The van der Waals surface area contributed by atoms with E-state index >= 15 is 0 Å². The molecule has 0 saturated heterocycles. The van der Waals surface area contributed by atoms with Crippen molar-refractivity contribution in [2.24, 2.45) is 0 Å². The lowest BCUT2D eigenvalue weighted by molar-refractivity contribution is 0.547. The van der Waals surface area contributed by atoms with Gasteiger partial charge in [0.05, 0.1) is 11.7 Å². The predicted molar refractivity (Wildman–Crippen MR) is 45.4 cm³/mol. The maximum absolute atomic E-state index is 4.35. The number of nitrogens with zero attached hydrogens (tertiary/aromatic N) is 3. The number of aromatic nitrogens is 3. The van der Waals surface area contributed by atoms with Crippen LogP contribution in [-0.4, -0.2) is 15.0 Å². The summed E-state index contributed by atoms with van der Waals surface area (Å²) in [6, 6.07) is 0.589. The van der Waals surface area contributed by atoms with E-state index in [1.165, 1.54) is 12.8 Å². The highest BCUT2D eigenvalue weighted by Gasteiger charge is 2.26. The summed E-state index contributed by atoms with van der Waals surface area (Å²) in [5, 5.41) is 8.61. The van der Waals surface area contributed by atoms with E-state index in [1.807, 2.05) is 4.80 Å². The second-order valence-electron chi connectivity index (χ2n) is 2.84. The van der Waals surface area contributed by atoms with Crippen LogP contribution in [0.5, 0.6) is 0 Å². The number of hydrogen-bond donors (Lipinski definition) is 0. The fourth-order valence-corrected chi connectivity index (χ4v) is 1.54. The summed E-state index contributed by atoms with van der Waals surface area (Å²) < 4.78 is 0.909. The van der Waals surface area contributed by atoms with Crippen molar-refractivity contribution in [2.45, 2.75) is 32.2 Å². The predicted octanol–water partition coefficient (Wildman–Crippen LogP) is 1.94. The summed E-state index contributed by atoms with van der Waals surface area (Å²) in [7, 11) is 0. The van der Waals surface area contributed by atoms with Gasteiger partial charge in [0.1, 0.15) is 0 Å². The Labute approximate surface area is 73.9 Å². The number of hydrogen-bond acceptors (Lipinski definition) is 2. The monoisotopic (exact) mass is 215 g/mol. The molecule has 2 rings (SSSR count). The third-order valence-electron chi connectivity index (χ3n) is 1.86. The molecular formula is C7H10BrN3. The molecule has 0 unspecified atom stereocenters. The van der Waals surface area contributed by atoms with Gasteiger partial charge >= 0.3 is 0 Å². The largest absolute Gasteiger partial charge is 0.180 e. The summed E-state index contributed by atoms with van der Waals surface area (Å²) in [6.45, 7) is 2.09. The molecule has 0 spiro atoms. The number of aryl methyl sites for hydroxylation is 1. The van der Waals surface area contributed by atoms with E-state index in [-0.39, 0.29) is 0 Å². The Morgan fingerprint density at radius 1 is 1.55 bits per heavy atom. The molecule has 0 radical (unpaired) electrons.